The number of hydrogen-bond donors (Lipinski definition) is 1. The zero-order valence-corrected chi connectivity index (χ0v) is 8.72. The second-order valence-electron chi connectivity index (χ2n) is 2.93. The molecular weight excluding hydrogens is 205 g/mol. The van der Waals surface area contributed by atoms with Gasteiger partial charge in [-0.3, -0.25) is 0 Å². The molecule has 14 heavy (non-hydrogen) atoms. The lowest BCUT2D eigenvalue weighted by atomic mass is 10.1. The highest BCUT2D eigenvalue weighted by atomic mass is 35.5. The Morgan fingerprint density at radius 1 is 1.57 bits per heavy atom. The summed E-state index contributed by atoms with van der Waals surface area (Å²) in [5.74, 6) is 0.510. The monoisotopic (exact) mass is 217 g/mol. The number of benzene rings is 1. The zero-order valence-electron chi connectivity index (χ0n) is 7.97. The highest BCUT2D eigenvalue weighted by molar-refractivity contribution is 6.30. The minimum Gasteiger partial charge on any atom is -0.496 e. The highest BCUT2D eigenvalue weighted by Gasteiger charge is 2.14. The molecule has 0 saturated carbocycles. The van der Waals surface area contributed by atoms with Gasteiger partial charge in [0.25, 0.3) is 0 Å². The summed E-state index contributed by atoms with van der Waals surface area (Å²) >= 11 is 5.76. The van der Waals surface area contributed by atoms with Crippen LogP contribution in [0.5, 0.6) is 5.75 Å². The van der Waals surface area contributed by atoms with E-state index >= 15 is 0 Å². The Balaban J connectivity index is 2.97. The van der Waals surface area contributed by atoms with Crippen molar-refractivity contribution in [2.24, 2.45) is 5.73 Å². The van der Waals surface area contributed by atoms with Crippen LogP contribution in [0.3, 0.4) is 0 Å². The van der Waals surface area contributed by atoms with Gasteiger partial charge in [-0.05, 0) is 31.2 Å². The van der Waals surface area contributed by atoms with Crippen LogP contribution in [0.4, 0.5) is 4.39 Å². The Bertz CT molecular complexity index is 306. The van der Waals surface area contributed by atoms with Gasteiger partial charge in [0.1, 0.15) is 11.9 Å². The summed E-state index contributed by atoms with van der Waals surface area (Å²) < 4.78 is 18.6. The van der Waals surface area contributed by atoms with Crippen molar-refractivity contribution in [3.63, 3.8) is 0 Å². The second kappa shape index (κ2) is 5.17. The van der Waals surface area contributed by atoms with Gasteiger partial charge in [-0.15, -0.1) is 0 Å². The molecule has 78 valence electrons. The quantitative estimate of drug-likeness (QED) is 0.842. The maximum atomic E-state index is 13.5. The van der Waals surface area contributed by atoms with Crippen molar-refractivity contribution in [3.8, 4) is 5.75 Å². The van der Waals surface area contributed by atoms with Crippen LogP contribution < -0.4 is 10.5 Å². The molecule has 0 aliphatic rings. The van der Waals surface area contributed by atoms with E-state index in [-0.39, 0.29) is 6.42 Å². The van der Waals surface area contributed by atoms with E-state index in [9.17, 15) is 4.39 Å². The van der Waals surface area contributed by atoms with Crippen LogP contribution in [0.1, 0.15) is 18.2 Å². The Kier molecular flexibility index (Phi) is 4.17. The van der Waals surface area contributed by atoms with Crippen LogP contribution in [-0.4, -0.2) is 13.7 Å². The molecule has 2 nitrogen and oxygen atoms in total. The molecular formula is C10H13ClFNO. The van der Waals surface area contributed by atoms with Crippen molar-refractivity contribution >= 4 is 11.6 Å². The Morgan fingerprint density at radius 3 is 2.86 bits per heavy atom. The molecule has 4 heteroatoms. The van der Waals surface area contributed by atoms with E-state index in [1.807, 2.05) is 0 Å². The van der Waals surface area contributed by atoms with Crippen molar-refractivity contribution in [1.29, 1.82) is 0 Å². The lowest BCUT2D eigenvalue weighted by Gasteiger charge is -2.12. The van der Waals surface area contributed by atoms with Gasteiger partial charge in [0.05, 0.1) is 7.11 Å². The van der Waals surface area contributed by atoms with E-state index < -0.39 is 6.17 Å². The van der Waals surface area contributed by atoms with Crippen molar-refractivity contribution in [1.82, 2.24) is 0 Å². The van der Waals surface area contributed by atoms with E-state index in [0.717, 1.165) is 0 Å². The lowest BCUT2D eigenvalue weighted by molar-refractivity contribution is 0.311. The molecule has 1 unspecified atom stereocenters. The molecule has 1 aromatic carbocycles. The van der Waals surface area contributed by atoms with Gasteiger partial charge in [-0.25, -0.2) is 4.39 Å². The smallest absolute Gasteiger partial charge is 0.130 e. The number of alkyl halides is 1. The fourth-order valence-corrected chi connectivity index (χ4v) is 1.43. The topological polar surface area (TPSA) is 35.2 Å². The fraction of sp³-hybridized carbons (Fsp3) is 0.400. The average molecular weight is 218 g/mol. The van der Waals surface area contributed by atoms with Gasteiger partial charge < -0.3 is 10.5 Å². The summed E-state index contributed by atoms with van der Waals surface area (Å²) in [6, 6.07) is 4.89. The molecule has 1 aromatic rings. The third-order valence-electron chi connectivity index (χ3n) is 1.95. The first kappa shape index (κ1) is 11.3. The number of halogens is 2. The third kappa shape index (κ3) is 2.59. The molecule has 0 amide bonds. The lowest BCUT2D eigenvalue weighted by Crippen LogP contribution is -2.04. The van der Waals surface area contributed by atoms with E-state index in [1.54, 1.807) is 18.2 Å². The number of nitrogens with two attached hydrogens (primary N) is 1. The second-order valence-corrected chi connectivity index (χ2v) is 3.37. The molecule has 0 aromatic heterocycles. The van der Waals surface area contributed by atoms with E-state index in [1.165, 1.54) is 7.11 Å². The molecule has 0 fully saturated rings. The normalized spacial score (nSPS) is 12.6. The first-order chi connectivity index (χ1) is 6.69. The summed E-state index contributed by atoms with van der Waals surface area (Å²) in [6.45, 7) is 0.302. The first-order valence-corrected chi connectivity index (χ1v) is 4.74. The van der Waals surface area contributed by atoms with Gasteiger partial charge in [0.2, 0.25) is 0 Å². The molecule has 2 N–H and O–H groups in total. The van der Waals surface area contributed by atoms with Crippen LogP contribution in [-0.2, 0) is 0 Å². The van der Waals surface area contributed by atoms with Gasteiger partial charge in [0.15, 0.2) is 0 Å². The van der Waals surface area contributed by atoms with Crippen molar-refractivity contribution in [3.05, 3.63) is 28.8 Å². The zero-order chi connectivity index (χ0) is 10.6. The van der Waals surface area contributed by atoms with Crippen molar-refractivity contribution < 1.29 is 9.13 Å². The van der Waals surface area contributed by atoms with Crippen LogP contribution in [0.25, 0.3) is 0 Å². The predicted molar refractivity (Wildman–Crippen MR) is 55.5 cm³/mol. The molecule has 1 rings (SSSR count). The predicted octanol–water partition coefficient (Wildman–Crippen LogP) is 2.71. The van der Waals surface area contributed by atoms with E-state index in [2.05, 4.69) is 0 Å². The Labute approximate surface area is 87.8 Å². The molecule has 1 atom stereocenters. The molecule has 0 radical (unpaired) electrons. The van der Waals surface area contributed by atoms with E-state index in [0.29, 0.717) is 22.9 Å². The Morgan fingerprint density at radius 2 is 2.29 bits per heavy atom. The SMILES string of the molecule is COc1ccc(Cl)cc1C(F)CCN. The maximum Gasteiger partial charge on any atom is 0.130 e. The minimum absolute atomic E-state index is 0.275. The van der Waals surface area contributed by atoms with Crippen molar-refractivity contribution in [2.45, 2.75) is 12.6 Å². The highest BCUT2D eigenvalue weighted by Crippen LogP contribution is 2.31. The van der Waals surface area contributed by atoms with E-state index in [4.69, 9.17) is 22.1 Å². The number of rotatable bonds is 4. The molecule has 0 heterocycles. The van der Waals surface area contributed by atoms with Crippen LogP contribution in [0.15, 0.2) is 18.2 Å². The van der Waals surface area contributed by atoms with Crippen LogP contribution >= 0.6 is 11.6 Å². The third-order valence-corrected chi connectivity index (χ3v) is 2.18. The number of hydrogen-bond acceptors (Lipinski definition) is 2. The fourth-order valence-electron chi connectivity index (χ4n) is 1.25. The van der Waals surface area contributed by atoms with Gasteiger partial charge in [-0.1, -0.05) is 11.6 Å². The maximum absolute atomic E-state index is 13.5. The largest absolute Gasteiger partial charge is 0.496 e. The minimum atomic E-state index is -1.12. The van der Waals surface area contributed by atoms with Crippen molar-refractivity contribution in [2.75, 3.05) is 13.7 Å². The molecule has 0 saturated heterocycles. The summed E-state index contributed by atoms with van der Waals surface area (Å²) in [5, 5.41) is 0.500. The summed E-state index contributed by atoms with van der Waals surface area (Å²) in [5.41, 5.74) is 5.75. The summed E-state index contributed by atoms with van der Waals surface area (Å²) in [6.07, 6.45) is -0.842. The van der Waals surface area contributed by atoms with Gasteiger partial charge in [-0.2, -0.15) is 0 Å². The average Bonchev–Trinajstić information content (AvgIpc) is 2.18. The number of methoxy groups -OCH3 is 1. The van der Waals surface area contributed by atoms with Gasteiger partial charge in [0, 0.05) is 10.6 Å². The molecule has 0 spiro atoms. The Hall–Kier alpha value is -0.800. The standard InChI is InChI=1S/C10H13ClFNO/c1-14-10-3-2-7(11)6-8(10)9(12)4-5-13/h2-3,6,9H,4-5,13H2,1H3. The first-order valence-electron chi connectivity index (χ1n) is 4.36. The van der Waals surface area contributed by atoms with Crippen LogP contribution in [0, 0.1) is 0 Å². The molecule has 0 bridgehead atoms. The van der Waals surface area contributed by atoms with Crippen LogP contribution in [0.2, 0.25) is 5.02 Å². The van der Waals surface area contributed by atoms with Gasteiger partial charge >= 0.3 is 0 Å². The summed E-state index contributed by atoms with van der Waals surface area (Å²) in [7, 11) is 1.50. The summed E-state index contributed by atoms with van der Waals surface area (Å²) in [4.78, 5) is 0. The molecule has 0 aliphatic heterocycles. The molecule has 0 aliphatic carbocycles. The number of ether oxygens (including phenoxy) is 1.